The minimum atomic E-state index is -5.04. The van der Waals surface area contributed by atoms with E-state index in [0.717, 1.165) is 12.4 Å². The van der Waals surface area contributed by atoms with E-state index in [-0.39, 0.29) is 5.56 Å². The van der Waals surface area contributed by atoms with E-state index in [4.69, 9.17) is 5.26 Å². The third-order valence-electron chi connectivity index (χ3n) is 1.22. The van der Waals surface area contributed by atoms with Gasteiger partial charge in [0.05, 0.1) is 11.8 Å². The van der Waals surface area contributed by atoms with Gasteiger partial charge in [-0.05, 0) is 6.07 Å². The number of nitriles is 1. The molecule has 0 aliphatic carbocycles. The largest absolute Gasteiger partial charge is 0.493 e. The van der Waals surface area contributed by atoms with Gasteiger partial charge in [0.2, 0.25) is 0 Å². The quantitative estimate of drug-likeness (QED) is 0.682. The first-order valence-corrected chi connectivity index (χ1v) is 3.31. The molecule has 4 nitrogen and oxygen atoms in total. The Hall–Kier alpha value is -1.97. The van der Waals surface area contributed by atoms with Crippen LogP contribution in [0.1, 0.15) is 5.56 Å². The molecule has 0 radical (unpaired) electrons. The molecule has 0 unspecified atom stereocenters. The van der Waals surface area contributed by atoms with E-state index >= 15 is 0 Å². The molecule has 1 aromatic rings. The first-order valence-electron chi connectivity index (χ1n) is 3.31. The zero-order valence-corrected chi connectivity index (χ0v) is 6.58. The molecular weight excluding hydrogens is 201 g/mol. The van der Waals surface area contributed by atoms with Crippen LogP contribution in [0.5, 0.6) is 0 Å². The van der Waals surface area contributed by atoms with Crippen LogP contribution in [-0.2, 0) is 4.79 Å². The van der Waals surface area contributed by atoms with Crippen LogP contribution in [0.25, 0.3) is 0 Å². The van der Waals surface area contributed by atoms with Gasteiger partial charge >= 0.3 is 12.1 Å². The number of aromatic nitrogens is 1. The van der Waals surface area contributed by atoms with Crippen molar-refractivity contribution in [1.29, 1.82) is 5.26 Å². The standard InChI is InChI=1S/C7H3F3N2O2/c8-7(9,10)6(13)14-12-2-1-5(3-11)4-12/h1-2,4H. The molecule has 1 rings (SSSR count). The van der Waals surface area contributed by atoms with Crippen molar-refractivity contribution in [3.63, 3.8) is 0 Å². The molecule has 0 spiro atoms. The van der Waals surface area contributed by atoms with Crippen molar-refractivity contribution in [2.75, 3.05) is 0 Å². The molecule has 0 fully saturated rings. The molecule has 0 saturated carbocycles. The molecule has 0 bridgehead atoms. The highest BCUT2D eigenvalue weighted by atomic mass is 19.4. The Morgan fingerprint density at radius 1 is 1.57 bits per heavy atom. The van der Waals surface area contributed by atoms with Crippen LogP contribution >= 0.6 is 0 Å². The lowest BCUT2D eigenvalue weighted by Gasteiger charge is -2.05. The lowest BCUT2D eigenvalue weighted by atomic mass is 10.4. The van der Waals surface area contributed by atoms with Crippen LogP contribution in [-0.4, -0.2) is 16.9 Å². The lowest BCUT2D eigenvalue weighted by Crippen LogP contribution is -2.32. The summed E-state index contributed by atoms with van der Waals surface area (Å²) in [7, 11) is 0. The number of carbonyl (C=O) groups excluding carboxylic acids is 1. The van der Waals surface area contributed by atoms with E-state index in [9.17, 15) is 18.0 Å². The highest BCUT2D eigenvalue weighted by Crippen LogP contribution is 2.15. The third kappa shape index (κ3) is 2.26. The minimum Gasteiger partial charge on any atom is -0.328 e. The fraction of sp³-hybridized carbons (Fsp3) is 0.143. The van der Waals surface area contributed by atoms with Crippen molar-refractivity contribution in [2.45, 2.75) is 6.18 Å². The number of rotatable bonds is 1. The van der Waals surface area contributed by atoms with Crippen molar-refractivity contribution in [3.8, 4) is 6.07 Å². The van der Waals surface area contributed by atoms with Gasteiger partial charge in [0.25, 0.3) is 0 Å². The summed E-state index contributed by atoms with van der Waals surface area (Å²) in [5.74, 6) is -2.34. The maximum atomic E-state index is 11.7. The van der Waals surface area contributed by atoms with Crippen LogP contribution in [0.3, 0.4) is 0 Å². The van der Waals surface area contributed by atoms with Gasteiger partial charge in [-0.25, -0.2) is 4.79 Å². The number of hydrogen-bond acceptors (Lipinski definition) is 3. The normalized spacial score (nSPS) is 10.7. The summed E-state index contributed by atoms with van der Waals surface area (Å²) in [5, 5.41) is 8.32. The van der Waals surface area contributed by atoms with Crippen LogP contribution in [0, 0.1) is 11.3 Å². The summed E-state index contributed by atoms with van der Waals surface area (Å²) < 4.78 is 35.5. The van der Waals surface area contributed by atoms with E-state index in [0.29, 0.717) is 4.73 Å². The summed E-state index contributed by atoms with van der Waals surface area (Å²) in [6.07, 6.45) is -3.05. The van der Waals surface area contributed by atoms with Crippen LogP contribution in [0.4, 0.5) is 13.2 Å². The Morgan fingerprint density at radius 2 is 2.21 bits per heavy atom. The Morgan fingerprint density at radius 3 is 2.64 bits per heavy atom. The zero-order valence-electron chi connectivity index (χ0n) is 6.58. The van der Waals surface area contributed by atoms with Gasteiger partial charge < -0.3 is 4.84 Å². The van der Waals surface area contributed by atoms with E-state index < -0.39 is 12.1 Å². The first kappa shape index (κ1) is 10.1. The maximum Gasteiger partial charge on any atom is 0.493 e. The number of nitrogens with zero attached hydrogens (tertiary/aromatic N) is 2. The second-order valence-corrected chi connectivity index (χ2v) is 2.25. The molecule has 0 saturated heterocycles. The second-order valence-electron chi connectivity index (χ2n) is 2.25. The van der Waals surface area contributed by atoms with Crippen LogP contribution in [0.2, 0.25) is 0 Å². The summed E-state index contributed by atoms with van der Waals surface area (Å²) in [5.41, 5.74) is 0.0972. The topological polar surface area (TPSA) is 55.0 Å². The molecule has 0 amide bonds. The maximum absolute atomic E-state index is 11.7. The molecule has 0 atom stereocenters. The van der Waals surface area contributed by atoms with E-state index in [1.165, 1.54) is 6.07 Å². The second kappa shape index (κ2) is 3.41. The fourth-order valence-corrected chi connectivity index (χ4v) is 0.647. The number of carbonyl (C=O) groups is 1. The molecule has 1 aromatic heterocycles. The van der Waals surface area contributed by atoms with Crippen molar-refractivity contribution in [1.82, 2.24) is 4.73 Å². The van der Waals surface area contributed by atoms with Crippen molar-refractivity contribution in [2.24, 2.45) is 0 Å². The van der Waals surface area contributed by atoms with E-state index in [1.807, 2.05) is 0 Å². The molecule has 14 heavy (non-hydrogen) atoms. The van der Waals surface area contributed by atoms with Gasteiger partial charge in [0.15, 0.2) is 0 Å². The van der Waals surface area contributed by atoms with Crippen molar-refractivity contribution < 1.29 is 22.8 Å². The predicted octanol–water partition coefficient (Wildman–Crippen LogP) is 0.877. The molecule has 74 valence electrons. The van der Waals surface area contributed by atoms with Gasteiger partial charge in [-0.2, -0.15) is 23.2 Å². The molecule has 7 heteroatoms. The Balaban J connectivity index is 2.71. The number of alkyl halides is 3. The van der Waals surface area contributed by atoms with Gasteiger partial charge in [-0.1, -0.05) is 0 Å². The fourth-order valence-electron chi connectivity index (χ4n) is 0.647. The van der Waals surface area contributed by atoms with Crippen molar-refractivity contribution in [3.05, 3.63) is 24.0 Å². The summed E-state index contributed by atoms with van der Waals surface area (Å²) >= 11 is 0. The highest BCUT2D eigenvalue weighted by Gasteiger charge is 2.41. The van der Waals surface area contributed by atoms with Crippen LogP contribution < -0.4 is 4.84 Å². The Kier molecular flexibility index (Phi) is 2.47. The van der Waals surface area contributed by atoms with Gasteiger partial charge in [0, 0.05) is 6.20 Å². The van der Waals surface area contributed by atoms with Gasteiger partial charge in [-0.15, -0.1) is 0 Å². The van der Waals surface area contributed by atoms with E-state index in [2.05, 4.69) is 4.84 Å². The number of halogens is 3. The molecule has 1 heterocycles. The van der Waals surface area contributed by atoms with Crippen LogP contribution in [0.15, 0.2) is 18.5 Å². The molecule has 0 aromatic carbocycles. The third-order valence-corrected chi connectivity index (χ3v) is 1.22. The van der Waals surface area contributed by atoms with Gasteiger partial charge in [-0.3, -0.25) is 0 Å². The zero-order chi connectivity index (χ0) is 10.8. The average Bonchev–Trinajstić information content (AvgIpc) is 2.50. The summed E-state index contributed by atoms with van der Waals surface area (Å²) in [6.45, 7) is 0. The lowest BCUT2D eigenvalue weighted by molar-refractivity contribution is -0.199. The predicted molar refractivity (Wildman–Crippen MR) is 36.8 cm³/mol. The summed E-state index contributed by atoms with van der Waals surface area (Å²) in [6, 6.07) is 2.88. The minimum absolute atomic E-state index is 0.0972. The highest BCUT2D eigenvalue weighted by molar-refractivity contribution is 5.75. The SMILES string of the molecule is N#Cc1ccn(OC(=O)C(F)(F)F)c1. The van der Waals surface area contributed by atoms with Gasteiger partial charge in [0.1, 0.15) is 6.07 Å². The molecule has 0 aliphatic rings. The molecule has 0 N–H and O–H groups in total. The Bertz CT molecular complexity index is 388. The number of hydrogen-bond donors (Lipinski definition) is 0. The molecule has 0 aliphatic heterocycles. The average molecular weight is 204 g/mol. The first-order chi connectivity index (χ1) is 6.43. The molecular formula is C7H3F3N2O2. The van der Waals surface area contributed by atoms with Crippen molar-refractivity contribution >= 4 is 5.97 Å². The Labute approximate surface area is 76.1 Å². The monoisotopic (exact) mass is 204 g/mol. The summed E-state index contributed by atoms with van der Waals surface area (Å²) in [4.78, 5) is 14.1. The smallest absolute Gasteiger partial charge is 0.328 e. The van der Waals surface area contributed by atoms with E-state index in [1.54, 1.807) is 6.07 Å².